The number of nitrogens with one attached hydrogen (secondary N) is 1. The molecule has 14 heavy (non-hydrogen) atoms. The lowest BCUT2D eigenvalue weighted by atomic mass is 10.2. The van der Waals surface area contributed by atoms with Crippen LogP contribution in [0.3, 0.4) is 0 Å². The van der Waals surface area contributed by atoms with E-state index in [-0.39, 0.29) is 0 Å². The van der Waals surface area contributed by atoms with E-state index in [1.165, 1.54) is 11.4 Å². The summed E-state index contributed by atoms with van der Waals surface area (Å²) < 4.78 is 2.13. The van der Waals surface area contributed by atoms with Gasteiger partial charge in [-0.2, -0.15) is 5.10 Å². The quantitative estimate of drug-likeness (QED) is 0.776. The smallest absolute Gasteiger partial charge is 0.0640 e. The zero-order valence-corrected chi connectivity index (χ0v) is 9.67. The van der Waals surface area contributed by atoms with Gasteiger partial charge in [0.2, 0.25) is 0 Å². The summed E-state index contributed by atoms with van der Waals surface area (Å²) >= 11 is 0. The summed E-state index contributed by atoms with van der Waals surface area (Å²) in [6.45, 7) is 7.53. The van der Waals surface area contributed by atoms with Crippen LogP contribution < -0.4 is 5.32 Å². The lowest BCUT2D eigenvalue weighted by Gasteiger charge is -2.08. The molecule has 0 radical (unpaired) electrons. The number of aromatic nitrogens is 2. The van der Waals surface area contributed by atoms with Crippen LogP contribution >= 0.6 is 0 Å². The van der Waals surface area contributed by atoms with Gasteiger partial charge in [0.25, 0.3) is 0 Å². The molecular weight excluding hydrogens is 174 g/mol. The first-order valence-corrected chi connectivity index (χ1v) is 5.41. The molecule has 0 saturated carbocycles. The topological polar surface area (TPSA) is 29.9 Å². The maximum Gasteiger partial charge on any atom is 0.0640 e. The average Bonchev–Trinajstić information content (AvgIpc) is 2.57. The zero-order chi connectivity index (χ0) is 10.6. The summed E-state index contributed by atoms with van der Waals surface area (Å²) in [5.41, 5.74) is 2.54. The van der Waals surface area contributed by atoms with Crippen molar-refractivity contribution in [1.82, 2.24) is 15.1 Å². The Bertz CT molecular complexity index is 276. The standard InChI is InChI=1S/C11H21N3/c1-5-11-8-10(6-7-12-4)13-14(11)9(2)3/h8-9,12H,5-7H2,1-4H3. The van der Waals surface area contributed by atoms with Crippen molar-refractivity contribution in [2.24, 2.45) is 0 Å². The Balaban J connectivity index is 2.78. The van der Waals surface area contributed by atoms with Crippen LogP contribution in [0.1, 0.15) is 38.2 Å². The van der Waals surface area contributed by atoms with Crippen molar-refractivity contribution in [2.75, 3.05) is 13.6 Å². The highest BCUT2D eigenvalue weighted by Crippen LogP contribution is 2.12. The van der Waals surface area contributed by atoms with E-state index in [1.807, 2.05) is 7.05 Å². The molecule has 0 unspecified atom stereocenters. The Morgan fingerprint density at radius 2 is 2.21 bits per heavy atom. The number of likely N-dealkylation sites (N-methyl/N-ethyl adjacent to an activating group) is 1. The third-order valence-electron chi connectivity index (χ3n) is 2.35. The molecule has 3 heteroatoms. The van der Waals surface area contributed by atoms with Gasteiger partial charge in [0.15, 0.2) is 0 Å². The van der Waals surface area contributed by atoms with Gasteiger partial charge in [-0.15, -0.1) is 0 Å². The Morgan fingerprint density at radius 1 is 1.50 bits per heavy atom. The van der Waals surface area contributed by atoms with Crippen LogP contribution in [0.15, 0.2) is 6.07 Å². The summed E-state index contributed by atoms with van der Waals surface area (Å²) in [5.74, 6) is 0. The fourth-order valence-electron chi connectivity index (χ4n) is 1.58. The van der Waals surface area contributed by atoms with Gasteiger partial charge in [0.1, 0.15) is 0 Å². The van der Waals surface area contributed by atoms with Crippen molar-refractivity contribution in [3.05, 3.63) is 17.5 Å². The predicted molar refractivity (Wildman–Crippen MR) is 59.6 cm³/mol. The minimum absolute atomic E-state index is 0.466. The van der Waals surface area contributed by atoms with Crippen LogP contribution in [-0.4, -0.2) is 23.4 Å². The maximum atomic E-state index is 4.59. The number of hydrogen-bond acceptors (Lipinski definition) is 2. The summed E-state index contributed by atoms with van der Waals surface area (Å²) in [4.78, 5) is 0. The highest BCUT2D eigenvalue weighted by atomic mass is 15.3. The monoisotopic (exact) mass is 195 g/mol. The van der Waals surface area contributed by atoms with Gasteiger partial charge in [-0.05, 0) is 33.4 Å². The van der Waals surface area contributed by atoms with Gasteiger partial charge < -0.3 is 5.32 Å². The van der Waals surface area contributed by atoms with Crippen LogP contribution in [0.2, 0.25) is 0 Å². The molecule has 0 amide bonds. The zero-order valence-electron chi connectivity index (χ0n) is 9.67. The highest BCUT2D eigenvalue weighted by Gasteiger charge is 2.08. The second kappa shape index (κ2) is 5.15. The Kier molecular flexibility index (Phi) is 4.14. The molecule has 80 valence electrons. The second-order valence-corrected chi connectivity index (χ2v) is 3.87. The minimum Gasteiger partial charge on any atom is -0.319 e. The van der Waals surface area contributed by atoms with Gasteiger partial charge in [-0.3, -0.25) is 4.68 Å². The largest absolute Gasteiger partial charge is 0.319 e. The molecule has 0 spiro atoms. The Labute approximate surface area is 86.5 Å². The highest BCUT2D eigenvalue weighted by molar-refractivity contribution is 5.11. The van der Waals surface area contributed by atoms with Crippen molar-refractivity contribution >= 4 is 0 Å². The van der Waals surface area contributed by atoms with Gasteiger partial charge >= 0.3 is 0 Å². The molecule has 0 saturated heterocycles. The second-order valence-electron chi connectivity index (χ2n) is 3.87. The molecular formula is C11H21N3. The number of aryl methyl sites for hydroxylation is 1. The summed E-state index contributed by atoms with van der Waals surface area (Å²) in [7, 11) is 1.97. The van der Waals surface area contributed by atoms with Crippen molar-refractivity contribution < 1.29 is 0 Å². The maximum absolute atomic E-state index is 4.59. The van der Waals surface area contributed by atoms with Crippen molar-refractivity contribution in [1.29, 1.82) is 0 Å². The fraction of sp³-hybridized carbons (Fsp3) is 0.727. The molecule has 0 fully saturated rings. The first-order chi connectivity index (χ1) is 6.69. The summed E-state index contributed by atoms with van der Waals surface area (Å²) in [6.07, 6.45) is 2.08. The fourth-order valence-corrected chi connectivity index (χ4v) is 1.58. The van der Waals surface area contributed by atoms with E-state index in [9.17, 15) is 0 Å². The van der Waals surface area contributed by atoms with Crippen molar-refractivity contribution in [2.45, 2.75) is 39.7 Å². The molecule has 0 aliphatic rings. The van der Waals surface area contributed by atoms with Gasteiger partial charge in [-0.1, -0.05) is 6.92 Å². The van der Waals surface area contributed by atoms with Crippen LogP contribution in [0.4, 0.5) is 0 Å². The average molecular weight is 195 g/mol. The van der Waals surface area contributed by atoms with Gasteiger partial charge in [0, 0.05) is 24.7 Å². The van der Waals surface area contributed by atoms with E-state index in [0.29, 0.717) is 6.04 Å². The summed E-state index contributed by atoms with van der Waals surface area (Å²) in [5, 5.41) is 7.74. The van der Waals surface area contributed by atoms with E-state index in [4.69, 9.17) is 0 Å². The van der Waals surface area contributed by atoms with Crippen molar-refractivity contribution in [3.8, 4) is 0 Å². The molecule has 1 rings (SSSR count). The van der Waals surface area contributed by atoms with Crippen LogP contribution in [0.25, 0.3) is 0 Å². The normalized spacial score (nSPS) is 11.2. The first kappa shape index (κ1) is 11.2. The van der Waals surface area contributed by atoms with Gasteiger partial charge in [0.05, 0.1) is 5.69 Å². The summed E-state index contributed by atoms with van der Waals surface area (Å²) in [6, 6.07) is 2.69. The third-order valence-corrected chi connectivity index (χ3v) is 2.35. The minimum atomic E-state index is 0.466. The lowest BCUT2D eigenvalue weighted by molar-refractivity contribution is 0.506. The molecule has 0 aliphatic heterocycles. The SMILES string of the molecule is CCc1cc(CCNC)nn1C(C)C. The molecule has 1 aromatic heterocycles. The van der Waals surface area contributed by atoms with Crippen LogP contribution in [0, 0.1) is 0 Å². The number of rotatable bonds is 5. The van der Waals surface area contributed by atoms with E-state index in [0.717, 1.165) is 19.4 Å². The van der Waals surface area contributed by atoms with Crippen LogP contribution in [-0.2, 0) is 12.8 Å². The number of hydrogen-bond donors (Lipinski definition) is 1. The molecule has 0 aliphatic carbocycles. The Hall–Kier alpha value is -0.830. The Morgan fingerprint density at radius 3 is 2.64 bits per heavy atom. The third kappa shape index (κ3) is 2.58. The molecule has 1 heterocycles. The molecule has 0 bridgehead atoms. The molecule has 0 aromatic carbocycles. The van der Waals surface area contributed by atoms with Crippen molar-refractivity contribution in [3.63, 3.8) is 0 Å². The van der Waals surface area contributed by atoms with Crippen LogP contribution in [0.5, 0.6) is 0 Å². The van der Waals surface area contributed by atoms with E-state index in [1.54, 1.807) is 0 Å². The van der Waals surface area contributed by atoms with E-state index < -0.39 is 0 Å². The molecule has 1 aromatic rings. The van der Waals surface area contributed by atoms with E-state index in [2.05, 4.69) is 41.9 Å². The van der Waals surface area contributed by atoms with E-state index >= 15 is 0 Å². The molecule has 1 N–H and O–H groups in total. The predicted octanol–water partition coefficient (Wildman–Crippen LogP) is 1.79. The molecule has 0 atom stereocenters. The molecule has 3 nitrogen and oxygen atoms in total. The first-order valence-electron chi connectivity index (χ1n) is 5.41. The van der Waals surface area contributed by atoms with Gasteiger partial charge in [-0.25, -0.2) is 0 Å². The number of nitrogens with zero attached hydrogens (tertiary/aromatic N) is 2. The lowest BCUT2D eigenvalue weighted by Crippen LogP contribution is -2.11.